The molecule has 0 radical (unpaired) electrons. The van der Waals surface area contributed by atoms with Crippen LogP contribution in [0.5, 0.6) is 11.6 Å². The van der Waals surface area contributed by atoms with Crippen molar-refractivity contribution >= 4 is 35.1 Å². The van der Waals surface area contributed by atoms with E-state index in [1.54, 1.807) is 18.2 Å². The molecule has 4 rings (SSSR count). The van der Waals surface area contributed by atoms with Gasteiger partial charge in [-0.15, -0.1) is 0 Å². The Morgan fingerprint density at radius 1 is 1.09 bits per heavy atom. The zero-order chi connectivity index (χ0) is 23.4. The molecule has 9 heteroatoms. The summed E-state index contributed by atoms with van der Waals surface area (Å²) in [6.45, 7) is 5.65. The van der Waals surface area contributed by atoms with Crippen molar-refractivity contribution in [1.29, 1.82) is 0 Å². The molecule has 2 aromatic carbocycles. The number of halogens is 2. The number of likely N-dealkylation sites (N-methyl/N-ethyl adjacent to an activating group) is 1. The minimum Gasteiger partial charge on any atom is -0.438 e. The van der Waals surface area contributed by atoms with Crippen LogP contribution in [0.1, 0.15) is 21.5 Å². The zero-order valence-electron chi connectivity index (χ0n) is 18.5. The number of aromatic nitrogens is 2. The second-order valence-electron chi connectivity index (χ2n) is 8.01. The lowest BCUT2D eigenvalue weighted by molar-refractivity contribution is 0.0947. The van der Waals surface area contributed by atoms with Crippen LogP contribution in [-0.2, 0) is 6.54 Å². The Hall–Kier alpha value is -2.87. The van der Waals surface area contributed by atoms with Gasteiger partial charge in [0.1, 0.15) is 11.3 Å². The van der Waals surface area contributed by atoms with Crippen molar-refractivity contribution in [2.75, 3.05) is 38.1 Å². The Kier molecular flexibility index (Phi) is 7.33. The molecule has 7 nitrogen and oxygen atoms in total. The van der Waals surface area contributed by atoms with E-state index in [2.05, 4.69) is 32.1 Å². The molecule has 0 saturated carbocycles. The summed E-state index contributed by atoms with van der Waals surface area (Å²) in [5, 5.41) is 3.90. The first-order valence-corrected chi connectivity index (χ1v) is 11.4. The number of carbonyl (C=O) groups excluding carboxylic acids is 1. The highest BCUT2D eigenvalue weighted by Gasteiger charge is 2.22. The molecule has 1 N–H and O–H groups in total. The van der Waals surface area contributed by atoms with Gasteiger partial charge in [0.2, 0.25) is 11.8 Å². The van der Waals surface area contributed by atoms with Gasteiger partial charge in [-0.05, 0) is 49.4 Å². The van der Waals surface area contributed by atoms with Gasteiger partial charge in [-0.2, -0.15) is 4.98 Å². The topological polar surface area (TPSA) is 70.6 Å². The number of piperazine rings is 1. The van der Waals surface area contributed by atoms with Crippen LogP contribution in [0.2, 0.25) is 10.0 Å². The normalized spacial score (nSPS) is 14.2. The van der Waals surface area contributed by atoms with Crippen molar-refractivity contribution in [3.8, 4) is 11.6 Å². The summed E-state index contributed by atoms with van der Waals surface area (Å²) in [6, 6.07) is 12.8. The van der Waals surface area contributed by atoms with Crippen LogP contribution in [0.3, 0.4) is 0 Å². The molecule has 1 amide bonds. The van der Waals surface area contributed by atoms with Gasteiger partial charge in [0, 0.05) is 49.0 Å². The van der Waals surface area contributed by atoms with Crippen LogP contribution in [-0.4, -0.2) is 54.0 Å². The minimum absolute atomic E-state index is 0.217. The first-order valence-electron chi connectivity index (χ1n) is 10.7. The molecule has 0 aliphatic carbocycles. The molecule has 0 spiro atoms. The van der Waals surface area contributed by atoms with Gasteiger partial charge in [0.05, 0.1) is 0 Å². The number of anilines is 1. The fraction of sp³-hybridized carbons (Fsp3) is 0.292. The van der Waals surface area contributed by atoms with Gasteiger partial charge in [0.25, 0.3) is 5.91 Å². The standard InChI is InChI=1S/C24H25Cl2N5O2/c1-16-5-3-4-6-21(16)33-23-20(15-28-24(29-23)31-9-7-30(2)8-10-31)22(32)27-14-17-11-18(25)13-19(26)12-17/h3-6,11-13,15H,7-10,14H2,1-2H3,(H,27,32). The molecule has 1 aromatic heterocycles. The third-order valence-corrected chi connectivity index (χ3v) is 5.88. The highest BCUT2D eigenvalue weighted by Crippen LogP contribution is 2.28. The number of nitrogens with one attached hydrogen (secondary N) is 1. The molecule has 0 unspecified atom stereocenters. The van der Waals surface area contributed by atoms with Gasteiger partial charge in [-0.3, -0.25) is 4.79 Å². The summed E-state index contributed by atoms with van der Waals surface area (Å²) >= 11 is 12.1. The molecular weight excluding hydrogens is 461 g/mol. The molecular formula is C24H25Cl2N5O2. The average molecular weight is 486 g/mol. The summed E-state index contributed by atoms with van der Waals surface area (Å²) in [7, 11) is 2.09. The number of rotatable bonds is 6. The summed E-state index contributed by atoms with van der Waals surface area (Å²) in [6.07, 6.45) is 1.52. The van der Waals surface area contributed by atoms with Crippen molar-refractivity contribution in [2.24, 2.45) is 0 Å². The molecule has 1 fully saturated rings. The molecule has 172 valence electrons. The molecule has 0 bridgehead atoms. The second-order valence-corrected chi connectivity index (χ2v) is 8.88. The Balaban J connectivity index is 1.59. The van der Waals surface area contributed by atoms with Gasteiger partial charge in [0.15, 0.2) is 0 Å². The highest BCUT2D eigenvalue weighted by molar-refractivity contribution is 6.34. The predicted molar refractivity (Wildman–Crippen MR) is 131 cm³/mol. The molecule has 1 aliphatic rings. The Bertz CT molecular complexity index is 1130. The molecule has 0 atom stereocenters. The van der Waals surface area contributed by atoms with E-state index < -0.39 is 0 Å². The number of carbonyl (C=O) groups is 1. The van der Waals surface area contributed by atoms with Crippen molar-refractivity contribution in [2.45, 2.75) is 13.5 Å². The van der Waals surface area contributed by atoms with Crippen LogP contribution < -0.4 is 15.0 Å². The van der Waals surface area contributed by atoms with E-state index in [1.807, 2.05) is 31.2 Å². The van der Waals surface area contributed by atoms with E-state index in [-0.39, 0.29) is 23.9 Å². The van der Waals surface area contributed by atoms with Crippen molar-refractivity contribution in [1.82, 2.24) is 20.2 Å². The van der Waals surface area contributed by atoms with E-state index in [9.17, 15) is 4.79 Å². The minimum atomic E-state index is -0.348. The van der Waals surface area contributed by atoms with Crippen LogP contribution >= 0.6 is 23.2 Å². The number of aryl methyl sites for hydroxylation is 1. The fourth-order valence-electron chi connectivity index (χ4n) is 3.52. The lowest BCUT2D eigenvalue weighted by atomic mass is 10.2. The Labute approximate surface area is 203 Å². The van der Waals surface area contributed by atoms with E-state index in [4.69, 9.17) is 27.9 Å². The third-order valence-electron chi connectivity index (χ3n) is 5.45. The first-order chi connectivity index (χ1) is 15.9. The maximum absolute atomic E-state index is 13.1. The number of nitrogens with zero attached hydrogens (tertiary/aromatic N) is 4. The SMILES string of the molecule is Cc1ccccc1Oc1nc(N2CCN(C)CC2)ncc1C(=O)NCc1cc(Cl)cc(Cl)c1. The number of para-hydroxylation sites is 1. The molecule has 1 aliphatic heterocycles. The summed E-state index contributed by atoms with van der Waals surface area (Å²) < 4.78 is 6.11. The predicted octanol–water partition coefficient (Wildman–Crippen LogP) is 4.57. The van der Waals surface area contributed by atoms with E-state index >= 15 is 0 Å². The largest absolute Gasteiger partial charge is 0.438 e. The third kappa shape index (κ3) is 5.93. The summed E-state index contributed by atoms with van der Waals surface area (Å²) in [5.41, 5.74) is 1.98. The maximum atomic E-state index is 13.1. The van der Waals surface area contributed by atoms with Gasteiger partial charge in [-0.25, -0.2) is 4.98 Å². The maximum Gasteiger partial charge on any atom is 0.258 e. The fourth-order valence-corrected chi connectivity index (χ4v) is 4.09. The van der Waals surface area contributed by atoms with Crippen molar-refractivity contribution < 1.29 is 9.53 Å². The lowest BCUT2D eigenvalue weighted by Crippen LogP contribution is -2.45. The van der Waals surface area contributed by atoms with Crippen molar-refractivity contribution in [3.63, 3.8) is 0 Å². The van der Waals surface area contributed by atoms with Gasteiger partial charge < -0.3 is 19.9 Å². The molecule has 1 saturated heterocycles. The lowest BCUT2D eigenvalue weighted by Gasteiger charge is -2.32. The van der Waals surface area contributed by atoms with E-state index in [0.29, 0.717) is 21.7 Å². The number of hydrogen-bond acceptors (Lipinski definition) is 6. The van der Waals surface area contributed by atoms with Crippen LogP contribution in [0.4, 0.5) is 5.95 Å². The van der Waals surface area contributed by atoms with Gasteiger partial charge >= 0.3 is 0 Å². The number of ether oxygens (including phenoxy) is 1. The van der Waals surface area contributed by atoms with Crippen LogP contribution in [0.15, 0.2) is 48.7 Å². The molecule has 33 heavy (non-hydrogen) atoms. The number of amides is 1. The number of hydrogen-bond donors (Lipinski definition) is 1. The summed E-state index contributed by atoms with van der Waals surface area (Å²) in [5.74, 6) is 1.05. The number of benzene rings is 2. The summed E-state index contributed by atoms with van der Waals surface area (Å²) in [4.78, 5) is 26.5. The van der Waals surface area contributed by atoms with Crippen molar-refractivity contribution in [3.05, 3.63) is 75.4 Å². The van der Waals surface area contributed by atoms with E-state index in [0.717, 1.165) is 37.3 Å². The van der Waals surface area contributed by atoms with E-state index in [1.165, 1.54) is 6.20 Å². The second kappa shape index (κ2) is 10.4. The average Bonchev–Trinajstić information content (AvgIpc) is 2.79. The Morgan fingerprint density at radius 2 is 1.79 bits per heavy atom. The first kappa shape index (κ1) is 23.3. The zero-order valence-corrected chi connectivity index (χ0v) is 20.0. The Morgan fingerprint density at radius 3 is 2.48 bits per heavy atom. The van der Waals surface area contributed by atoms with Crippen LogP contribution in [0, 0.1) is 6.92 Å². The smallest absolute Gasteiger partial charge is 0.258 e. The highest BCUT2D eigenvalue weighted by atomic mass is 35.5. The van der Waals surface area contributed by atoms with Crippen LogP contribution in [0.25, 0.3) is 0 Å². The molecule has 2 heterocycles. The van der Waals surface area contributed by atoms with Gasteiger partial charge in [-0.1, -0.05) is 41.4 Å². The quantitative estimate of drug-likeness (QED) is 0.551. The monoisotopic (exact) mass is 485 g/mol. The molecule has 3 aromatic rings.